The number of amides is 3. The monoisotopic (exact) mass is 471 g/mol. The largest absolute Gasteiger partial charge is 0.445 e. The van der Waals surface area contributed by atoms with Crippen molar-refractivity contribution in [1.29, 1.82) is 0 Å². The second kappa shape index (κ2) is 14.6. The predicted octanol–water partition coefficient (Wildman–Crippen LogP) is 2.52. The van der Waals surface area contributed by atoms with E-state index in [1.165, 1.54) is 56.2 Å². The highest BCUT2D eigenvalue weighted by Crippen LogP contribution is 2.15. The number of hydrogen-bond donors (Lipinski definition) is 1. The first-order valence-electron chi connectivity index (χ1n) is 7.61. The van der Waals surface area contributed by atoms with Crippen molar-refractivity contribution in [1.82, 2.24) is 19.0 Å². The first kappa shape index (κ1) is 26.6. The summed E-state index contributed by atoms with van der Waals surface area (Å²) in [6.07, 6.45) is 2.19. The van der Waals surface area contributed by atoms with Gasteiger partial charge in [-0.25, -0.2) is 15.1 Å². The van der Waals surface area contributed by atoms with Gasteiger partial charge in [0, 0.05) is 39.7 Å². The Morgan fingerprint density at radius 1 is 0.964 bits per heavy atom. The number of carbonyl (C=O) groups excluding carboxylic acids is 3. The molecule has 3 amide bonds. The lowest BCUT2D eigenvalue weighted by Gasteiger charge is -2.17. The summed E-state index contributed by atoms with van der Waals surface area (Å²) in [5, 5.41) is 4.19. The Labute approximate surface area is 182 Å². The van der Waals surface area contributed by atoms with Crippen LogP contribution in [0.15, 0.2) is 16.8 Å². The van der Waals surface area contributed by atoms with Gasteiger partial charge in [-0.15, -0.1) is 23.5 Å². The van der Waals surface area contributed by atoms with Crippen molar-refractivity contribution < 1.29 is 24.1 Å². The minimum atomic E-state index is -0.708. The van der Waals surface area contributed by atoms with Crippen molar-refractivity contribution in [2.75, 3.05) is 52.2 Å². The first-order chi connectivity index (χ1) is 13.1. The van der Waals surface area contributed by atoms with E-state index in [1.807, 2.05) is 0 Å². The summed E-state index contributed by atoms with van der Waals surface area (Å²) >= 11 is 4.83. The van der Waals surface area contributed by atoms with Crippen molar-refractivity contribution in [2.24, 2.45) is 5.16 Å². The van der Waals surface area contributed by atoms with Crippen LogP contribution in [0.3, 0.4) is 0 Å². The van der Waals surface area contributed by atoms with Gasteiger partial charge >= 0.3 is 12.2 Å². The number of nitrogens with one attached hydrogen (secondary N) is 1. The summed E-state index contributed by atoms with van der Waals surface area (Å²) in [7, 11) is 6.25. The Kier molecular flexibility index (Phi) is 13.9. The van der Waals surface area contributed by atoms with Gasteiger partial charge in [-0.1, -0.05) is 11.7 Å². The van der Waals surface area contributed by atoms with Crippen molar-refractivity contribution in [2.45, 2.75) is 0 Å². The second-order valence-electron chi connectivity index (χ2n) is 4.92. The minimum absolute atomic E-state index is 0.0743. The zero-order valence-corrected chi connectivity index (χ0v) is 19.9. The second-order valence-corrected chi connectivity index (χ2v) is 9.04. The quantitative estimate of drug-likeness (QED) is 0.135. The molecule has 0 radical (unpaired) electrons. The summed E-state index contributed by atoms with van der Waals surface area (Å²) in [6.45, 7) is 3.63. The molecule has 0 saturated heterocycles. The summed E-state index contributed by atoms with van der Waals surface area (Å²) in [6, 6.07) is 0. The molecule has 0 bridgehead atoms. The highest BCUT2D eigenvalue weighted by molar-refractivity contribution is 8.15. The number of nitrogens with zero attached hydrogens (tertiary/aromatic N) is 4. The summed E-state index contributed by atoms with van der Waals surface area (Å²) in [4.78, 5) is 46.4. The maximum absolute atomic E-state index is 11.9. The van der Waals surface area contributed by atoms with E-state index in [0.29, 0.717) is 16.5 Å². The lowest BCUT2D eigenvalue weighted by Crippen LogP contribution is -2.29. The fourth-order valence-corrected chi connectivity index (χ4v) is 3.17. The summed E-state index contributed by atoms with van der Waals surface area (Å²) < 4.78 is 2.58. The molecule has 0 atom stereocenters. The molecule has 0 aliphatic rings. The molecule has 1 N–H and O–H groups in total. The van der Waals surface area contributed by atoms with Gasteiger partial charge in [-0.3, -0.25) is 18.2 Å². The van der Waals surface area contributed by atoms with Crippen LogP contribution in [0.1, 0.15) is 0 Å². The van der Waals surface area contributed by atoms with Gasteiger partial charge in [0.15, 0.2) is 0 Å². The standard InChI is InChI=1S/C14H25N5O5S4/c1-10(25-6)15-23-13(21)18(4)27-8-9-28-19(5)14(22)24-16-11(26-7)12(20)17(2)3/h15H,1,8-9H2,2-7H3. The van der Waals surface area contributed by atoms with Crippen molar-refractivity contribution in [3.8, 4) is 0 Å². The van der Waals surface area contributed by atoms with Gasteiger partial charge in [-0.2, -0.15) is 0 Å². The third kappa shape index (κ3) is 10.8. The van der Waals surface area contributed by atoms with E-state index < -0.39 is 12.2 Å². The highest BCUT2D eigenvalue weighted by atomic mass is 32.2. The molecule has 0 aliphatic heterocycles. The number of carbonyl (C=O) groups is 3. The van der Waals surface area contributed by atoms with Crippen LogP contribution in [0.5, 0.6) is 0 Å². The smallest absolute Gasteiger partial charge is 0.343 e. The van der Waals surface area contributed by atoms with E-state index in [-0.39, 0.29) is 11.0 Å². The van der Waals surface area contributed by atoms with Gasteiger partial charge < -0.3 is 9.74 Å². The van der Waals surface area contributed by atoms with Crippen LogP contribution < -0.4 is 5.48 Å². The molecule has 0 unspecified atom stereocenters. The average Bonchev–Trinajstić information content (AvgIpc) is 2.68. The molecule has 28 heavy (non-hydrogen) atoms. The van der Waals surface area contributed by atoms with Gasteiger partial charge in [0.05, 0.1) is 5.03 Å². The number of hydrogen-bond acceptors (Lipinski definition) is 11. The van der Waals surface area contributed by atoms with Crippen LogP contribution in [-0.2, 0) is 14.5 Å². The molecule has 160 valence electrons. The lowest BCUT2D eigenvalue weighted by atomic mass is 10.6. The first-order valence-corrected chi connectivity index (χ1v) is 11.9. The number of hydroxylamine groups is 1. The molecule has 0 saturated carbocycles. The number of rotatable bonds is 9. The average molecular weight is 472 g/mol. The molecule has 10 nitrogen and oxygen atoms in total. The van der Waals surface area contributed by atoms with Crippen LogP contribution in [0.2, 0.25) is 0 Å². The molecule has 0 aliphatic carbocycles. The molecule has 0 aromatic rings. The van der Waals surface area contributed by atoms with Crippen LogP contribution in [0, 0.1) is 0 Å². The minimum Gasteiger partial charge on any atom is -0.343 e. The van der Waals surface area contributed by atoms with Gasteiger partial charge in [0.2, 0.25) is 5.04 Å². The van der Waals surface area contributed by atoms with Crippen LogP contribution in [0.25, 0.3) is 0 Å². The molecule has 0 fully saturated rings. The van der Waals surface area contributed by atoms with Gasteiger partial charge in [0.1, 0.15) is 0 Å². The number of thioether (sulfide) groups is 2. The van der Waals surface area contributed by atoms with E-state index in [1.54, 1.807) is 33.7 Å². The molecular weight excluding hydrogens is 446 g/mol. The fourth-order valence-electron chi connectivity index (χ4n) is 1.15. The number of oxime groups is 1. The molecule has 14 heteroatoms. The van der Waals surface area contributed by atoms with Gasteiger partial charge in [-0.05, 0) is 36.4 Å². The fraction of sp³-hybridized carbons (Fsp3) is 0.571. The molecule has 0 rings (SSSR count). The zero-order chi connectivity index (χ0) is 21.7. The molecular formula is C14H25N5O5S4. The molecule has 0 spiro atoms. The van der Waals surface area contributed by atoms with E-state index in [2.05, 4.69) is 17.2 Å². The van der Waals surface area contributed by atoms with Gasteiger partial charge in [0.25, 0.3) is 5.91 Å². The maximum Gasteiger partial charge on any atom is 0.445 e. The maximum atomic E-state index is 11.9. The molecule has 0 heterocycles. The Bertz CT molecular complexity index is 590. The normalized spacial score (nSPS) is 10.7. The van der Waals surface area contributed by atoms with E-state index >= 15 is 0 Å². The van der Waals surface area contributed by atoms with E-state index in [4.69, 9.17) is 9.68 Å². The van der Waals surface area contributed by atoms with Crippen molar-refractivity contribution in [3.63, 3.8) is 0 Å². The van der Waals surface area contributed by atoms with Crippen LogP contribution in [-0.4, -0.2) is 88.9 Å². The molecule has 0 aromatic heterocycles. The van der Waals surface area contributed by atoms with E-state index in [9.17, 15) is 14.4 Å². The lowest BCUT2D eigenvalue weighted by molar-refractivity contribution is -0.121. The van der Waals surface area contributed by atoms with Crippen molar-refractivity contribution >= 4 is 70.6 Å². The van der Waals surface area contributed by atoms with Crippen LogP contribution in [0.4, 0.5) is 9.59 Å². The Morgan fingerprint density at radius 3 is 1.96 bits per heavy atom. The topological polar surface area (TPSA) is 104 Å². The Hall–Kier alpha value is -1.38. The zero-order valence-electron chi connectivity index (χ0n) is 16.6. The predicted molar refractivity (Wildman–Crippen MR) is 119 cm³/mol. The third-order valence-electron chi connectivity index (χ3n) is 2.66. The van der Waals surface area contributed by atoms with E-state index in [0.717, 1.165) is 11.8 Å². The molecule has 0 aromatic carbocycles. The van der Waals surface area contributed by atoms with Crippen LogP contribution >= 0.6 is 47.4 Å². The summed E-state index contributed by atoms with van der Waals surface area (Å²) in [5.41, 5.74) is 2.43. The van der Waals surface area contributed by atoms with Crippen molar-refractivity contribution in [3.05, 3.63) is 11.6 Å². The third-order valence-corrected chi connectivity index (χ3v) is 5.97. The Morgan fingerprint density at radius 2 is 1.50 bits per heavy atom. The SMILES string of the molecule is C=C(NOC(=O)N(C)SCCSN(C)C(=O)ON=C(SC)C(=O)N(C)C)SC. The summed E-state index contributed by atoms with van der Waals surface area (Å²) in [5.74, 6) is 0.710. The highest BCUT2D eigenvalue weighted by Gasteiger charge is 2.17. The Balaban J connectivity index is 4.21.